The summed E-state index contributed by atoms with van der Waals surface area (Å²) in [5.41, 5.74) is 1.29. The number of hydrogen-bond donors (Lipinski definition) is 1. The van der Waals surface area contributed by atoms with Crippen molar-refractivity contribution < 1.29 is 9.50 Å². The van der Waals surface area contributed by atoms with Crippen LogP contribution in [0.4, 0.5) is 4.39 Å². The quantitative estimate of drug-likeness (QED) is 0.741. The Hall–Kier alpha value is -2.11. The summed E-state index contributed by atoms with van der Waals surface area (Å²) >= 11 is 0. The van der Waals surface area contributed by atoms with Crippen LogP contribution in [0.25, 0.3) is 0 Å². The molecule has 0 unspecified atom stereocenters. The van der Waals surface area contributed by atoms with E-state index < -0.39 is 6.10 Å². The molecule has 1 atom stereocenters. The van der Waals surface area contributed by atoms with Gasteiger partial charge in [0.05, 0.1) is 0 Å². The second-order valence-corrected chi connectivity index (χ2v) is 3.59. The van der Waals surface area contributed by atoms with E-state index in [0.29, 0.717) is 5.56 Å². The molecule has 0 aliphatic carbocycles. The number of rotatable bonds is 1. The second-order valence-electron chi connectivity index (χ2n) is 3.59. The van der Waals surface area contributed by atoms with Crippen molar-refractivity contribution in [3.63, 3.8) is 0 Å². The van der Waals surface area contributed by atoms with Crippen LogP contribution < -0.4 is 0 Å². The van der Waals surface area contributed by atoms with Crippen LogP contribution in [0.2, 0.25) is 0 Å². The first kappa shape index (κ1) is 11.4. The van der Waals surface area contributed by atoms with Gasteiger partial charge in [0.15, 0.2) is 0 Å². The molecular weight excluding hydrogens is 215 g/mol. The molecule has 0 aliphatic rings. The van der Waals surface area contributed by atoms with Crippen molar-refractivity contribution in [1.82, 2.24) is 0 Å². The largest absolute Gasteiger partial charge is 0.376 e. The number of aliphatic hydroxyl groups is 1. The number of aliphatic hydroxyl groups excluding tert-OH is 1. The van der Waals surface area contributed by atoms with Gasteiger partial charge in [0.25, 0.3) is 0 Å². The predicted molar refractivity (Wildman–Crippen MR) is 64.7 cm³/mol. The maximum absolute atomic E-state index is 12.9. The van der Waals surface area contributed by atoms with Crippen LogP contribution in [-0.2, 0) is 0 Å². The highest BCUT2D eigenvalue weighted by Crippen LogP contribution is 2.13. The zero-order chi connectivity index (χ0) is 12.1. The first-order valence-corrected chi connectivity index (χ1v) is 5.26. The Morgan fingerprint density at radius 1 is 1.00 bits per heavy atom. The lowest BCUT2D eigenvalue weighted by Gasteiger charge is -2.02. The zero-order valence-corrected chi connectivity index (χ0v) is 9.10. The minimum Gasteiger partial charge on any atom is -0.376 e. The Bertz CT molecular complexity index is 552. The molecule has 0 radical (unpaired) electrons. The second kappa shape index (κ2) is 5.29. The van der Waals surface area contributed by atoms with E-state index in [-0.39, 0.29) is 5.82 Å². The van der Waals surface area contributed by atoms with Crippen molar-refractivity contribution in [1.29, 1.82) is 0 Å². The minimum atomic E-state index is -0.967. The summed E-state index contributed by atoms with van der Waals surface area (Å²) in [5, 5.41) is 9.77. The van der Waals surface area contributed by atoms with Crippen molar-refractivity contribution in [3.8, 4) is 11.8 Å². The fourth-order valence-electron chi connectivity index (χ4n) is 1.43. The number of halogens is 1. The SMILES string of the molecule is O[C@@H](C#Cc1ccccc1)c1cccc(F)c1. The van der Waals surface area contributed by atoms with Gasteiger partial charge >= 0.3 is 0 Å². The highest BCUT2D eigenvalue weighted by atomic mass is 19.1. The normalized spacial score (nSPS) is 11.4. The smallest absolute Gasteiger partial charge is 0.140 e. The van der Waals surface area contributed by atoms with E-state index in [1.165, 1.54) is 12.1 Å². The molecule has 17 heavy (non-hydrogen) atoms. The highest BCUT2D eigenvalue weighted by Gasteiger charge is 2.03. The van der Waals surface area contributed by atoms with E-state index in [4.69, 9.17) is 0 Å². The molecule has 0 spiro atoms. The molecule has 0 amide bonds. The summed E-state index contributed by atoms with van der Waals surface area (Å²) in [7, 11) is 0. The van der Waals surface area contributed by atoms with Gasteiger partial charge < -0.3 is 5.11 Å². The summed E-state index contributed by atoms with van der Waals surface area (Å²) in [5.74, 6) is 5.15. The molecule has 84 valence electrons. The lowest BCUT2D eigenvalue weighted by Crippen LogP contribution is -1.94. The van der Waals surface area contributed by atoms with Gasteiger partial charge in [0, 0.05) is 5.56 Å². The van der Waals surface area contributed by atoms with Crippen LogP contribution >= 0.6 is 0 Å². The molecule has 1 N–H and O–H groups in total. The van der Waals surface area contributed by atoms with Gasteiger partial charge in [0.2, 0.25) is 0 Å². The van der Waals surface area contributed by atoms with Gasteiger partial charge in [-0.2, -0.15) is 0 Å². The van der Waals surface area contributed by atoms with Crippen LogP contribution in [0, 0.1) is 17.7 Å². The predicted octanol–water partition coefficient (Wildman–Crippen LogP) is 2.91. The van der Waals surface area contributed by atoms with Crippen molar-refractivity contribution in [3.05, 3.63) is 71.5 Å². The van der Waals surface area contributed by atoms with Gasteiger partial charge in [-0.05, 0) is 29.8 Å². The Labute approximate surface area is 99.5 Å². The molecule has 0 saturated carbocycles. The lowest BCUT2D eigenvalue weighted by molar-refractivity contribution is 0.238. The highest BCUT2D eigenvalue weighted by molar-refractivity contribution is 5.36. The third kappa shape index (κ3) is 3.17. The van der Waals surface area contributed by atoms with Crippen LogP contribution in [-0.4, -0.2) is 5.11 Å². The summed E-state index contributed by atoms with van der Waals surface area (Å²) in [6, 6.07) is 15.2. The summed E-state index contributed by atoms with van der Waals surface area (Å²) in [6.07, 6.45) is -0.967. The third-order valence-electron chi connectivity index (χ3n) is 2.29. The van der Waals surface area contributed by atoms with Crippen LogP contribution in [0.3, 0.4) is 0 Å². The first-order chi connectivity index (χ1) is 8.25. The fourth-order valence-corrected chi connectivity index (χ4v) is 1.43. The molecule has 2 aromatic carbocycles. The van der Waals surface area contributed by atoms with Crippen molar-refractivity contribution in [2.24, 2.45) is 0 Å². The van der Waals surface area contributed by atoms with Gasteiger partial charge in [-0.3, -0.25) is 0 Å². The van der Waals surface area contributed by atoms with Gasteiger partial charge in [-0.25, -0.2) is 4.39 Å². The Kier molecular flexibility index (Phi) is 3.54. The van der Waals surface area contributed by atoms with Gasteiger partial charge in [0.1, 0.15) is 11.9 Å². The van der Waals surface area contributed by atoms with E-state index in [0.717, 1.165) is 5.56 Å². The van der Waals surface area contributed by atoms with Crippen LogP contribution in [0.1, 0.15) is 17.2 Å². The third-order valence-corrected chi connectivity index (χ3v) is 2.29. The molecule has 0 aliphatic heterocycles. The van der Waals surface area contributed by atoms with Crippen LogP contribution in [0.15, 0.2) is 54.6 Å². The topological polar surface area (TPSA) is 20.2 Å². The van der Waals surface area contributed by atoms with E-state index in [9.17, 15) is 9.50 Å². The van der Waals surface area contributed by atoms with E-state index in [2.05, 4.69) is 11.8 Å². The van der Waals surface area contributed by atoms with Crippen molar-refractivity contribution in [2.75, 3.05) is 0 Å². The Morgan fingerprint density at radius 3 is 2.47 bits per heavy atom. The molecule has 0 saturated heterocycles. The average Bonchev–Trinajstić information content (AvgIpc) is 2.37. The van der Waals surface area contributed by atoms with Gasteiger partial charge in [-0.1, -0.05) is 42.2 Å². The zero-order valence-electron chi connectivity index (χ0n) is 9.10. The Balaban J connectivity index is 2.18. The molecule has 1 nitrogen and oxygen atoms in total. The molecule has 0 heterocycles. The lowest BCUT2D eigenvalue weighted by atomic mass is 10.1. The molecule has 0 aromatic heterocycles. The van der Waals surface area contributed by atoms with Crippen molar-refractivity contribution >= 4 is 0 Å². The maximum Gasteiger partial charge on any atom is 0.140 e. The summed E-state index contributed by atoms with van der Waals surface area (Å²) in [6.45, 7) is 0. The number of benzene rings is 2. The maximum atomic E-state index is 12.9. The molecule has 2 aromatic rings. The Morgan fingerprint density at radius 2 is 1.76 bits per heavy atom. The van der Waals surface area contributed by atoms with E-state index in [1.54, 1.807) is 12.1 Å². The molecule has 0 bridgehead atoms. The summed E-state index contributed by atoms with van der Waals surface area (Å²) < 4.78 is 12.9. The molecule has 0 fully saturated rings. The molecule has 2 rings (SSSR count). The van der Waals surface area contributed by atoms with E-state index >= 15 is 0 Å². The average molecular weight is 226 g/mol. The van der Waals surface area contributed by atoms with Crippen LogP contribution in [0.5, 0.6) is 0 Å². The fraction of sp³-hybridized carbons (Fsp3) is 0.0667. The number of hydrogen-bond acceptors (Lipinski definition) is 1. The molecular formula is C15H11FO. The summed E-state index contributed by atoms with van der Waals surface area (Å²) in [4.78, 5) is 0. The monoisotopic (exact) mass is 226 g/mol. The van der Waals surface area contributed by atoms with Gasteiger partial charge in [-0.15, -0.1) is 0 Å². The standard InChI is InChI=1S/C15H11FO/c16-14-8-4-7-13(11-14)15(17)10-9-12-5-2-1-3-6-12/h1-8,11,15,17H/t15-/m0/s1. The molecule has 2 heteroatoms. The van der Waals surface area contributed by atoms with E-state index in [1.807, 2.05) is 30.3 Å². The van der Waals surface area contributed by atoms with Crippen molar-refractivity contribution in [2.45, 2.75) is 6.10 Å². The minimum absolute atomic E-state index is 0.372. The first-order valence-electron chi connectivity index (χ1n) is 5.26.